The summed E-state index contributed by atoms with van der Waals surface area (Å²) in [6.45, 7) is 2.87. The minimum absolute atomic E-state index is 0.416. The molecule has 6 heteroatoms. The number of hydrogen-bond donors (Lipinski definition) is 1. The largest absolute Gasteiger partial charge is 0.362 e. The van der Waals surface area contributed by atoms with Crippen LogP contribution < -0.4 is 0 Å². The van der Waals surface area contributed by atoms with E-state index in [1.807, 2.05) is 48.7 Å². The van der Waals surface area contributed by atoms with Crippen LogP contribution in [0, 0.1) is 0 Å². The number of hydrogen-bond acceptors (Lipinski definition) is 3. The van der Waals surface area contributed by atoms with Crippen molar-refractivity contribution < 1.29 is 9.84 Å². The van der Waals surface area contributed by atoms with Gasteiger partial charge in [0.25, 0.3) is 0 Å². The van der Waals surface area contributed by atoms with Crippen molar-refractivity contribution in [2.24, 2.45) is 0 Å². The predicted molar refractivity (Wildman–Crippen MR) is 132 cm³/mol. The van der Waals surface area contributed by atoms with Gasteiger partial charge >= 0.3 is 0 Å². The summed E-state index contributed by atoms with van der Waals surface area (Å²) in [4.78, 5) is 4.78. The van der Waals surface area contributed by atoms with Crippen molar-refractivity contribution in [2.75, 3.05) is 7.11 Å². The van der Waals surface area contributed by atoms with Crippen molar-refractivity contribution in [1.29, 1.82) is 0 Å². The molecule has 0 bridgehead atoms. The molecule has 32 heavy (non-hydrogen) atoms. The zero-order valence-electron chi connectivity index (χ0n) is 17.9. The van der Waals surface area contributed by atoms with Crippen LogP contribution in [0.3, 0.4) is 0 Å². The first kappa shape index (κ1) is 22.6. The standard InChI is InChI=1S/C26H24Cl2N2O2/c1-3-30-17-24(22-9-8-21(27)16-23(22)28)29-25(30)10-7-18-5-4-6-20(15-18)19-11-13-26(31,32-2)14-12-19/h4-13,15-17,31H,3,14H2,1-2H3. The maximum atomic E-state index is 10.2. The van der Waals surface area contributed by atoms with E-state index in [2.05, 4.69) is 29.7 Å². The van der Waals surface area contributed by atoms with E-state index in [4.69, 9.17) is 32.9 Å². The average molecular weight is 467 g/mol. The Balaban J connectivity index is 1.58. The summed E-state index contributed by atoms with van der Waals surface area (Å²) in [6.07, 6.45) is 12.0. The van der Waals surface area contributed by atoms with Crippen molar-refractivity contribution >= 4 is 40.9 Å². The lowest BCUT2D eigenvalue weighted by Gasteiger charge is -2.24. The first-order valence-corrected chi connectivity index (χ1v) is 11.1. The number of imidazole rings is 1. The number of allylic oxidation sites excluding steroid dienone is 2. The van der Waals surface area contributed by atoms with E-state index in [-0.39, 0.29) is 0 Å². The molecule has 1 heterocycles. The van der Waals surface area contributed by atoms with Crippen LogP contribution in [0.5, 0.6) is 0 Å². The normalized spacial score (nSPS) is 18.3. The summed E-state index contributed by atoms with van der Waals surface area (Å²) < 4.78 is 7.21. The predicted octanol–water partition coefficient (Wildman–Crippen LogP) is 6.73. The van der Waals surface area contributed by atoms with Gasteiger partial charge in [0.1, 0.15) is 5.82 Å². The van der Waals surface area contributed by atoms with Crippen LogP contribution in [0.1, 0.15) is 30.3 Å². The SMILES string of the molecule is CCn1cc(-c2ccc(Cl)cc2Cl)nc1C=Cc1cccc(C2=CCC(O)(OC)C=C2)c1. The lowest BCUT2D eigenvalue weighted by Crippen LogP contribution is -2.28. The molecule has 1 aliphatic carbocycles. The number of aliphatic hydroxyl groups is 1. The minimum atomic E-state index is -1.22. The molecule has 2 aromatic carbocycles. The summed E-state index contributed by atoms with van der Waals surface area (Å²) in [6, 6.07) is 13.7. The van der Waals surface area contributed by atoms with Gasteiger partial charge in [-0.25, -0.2) is 4.98 Å². The zero-order chi connectivity index (χ0) is 22.7. The van der Waals surface area contributed by atoms with Crippen molar-refractivity contribution in [3.63, 3.8) is 0 Å². The highest BCUT2D eigenvalue weighted by atomic mass is 35.5. The summed E-state index contributed by atoms with van der Waals surface area (Å²) in [7, 11) is 1.50. The van der Waals surface area contributed by atoms with Crippen molar-refractivity contribution in [3.8, 4) is 11.3 Å². The van der Waals surface area contributed by atoms with E-state index in [1.165, 1.54) is 7.11 Å². The van der Waals surface area contributed by atoms with Crippen molar-refractivity contribution in [1.82, 2.24) is 9.55 Å². The average Bonchev–Trinajstić information content (AvgIpc) is 3.21. The Kier molecular flexibility index (Phi) is 6.68. The second-order valence-electron chi connectivity index (χ2n) is 7.60. The molecule has 0 radical (unpaired) electrons. The topological polar surface area (TPSA) is 47.3 Å². The molecule has 1 atom stereocenters. The van der Waals surface area contributed by atoms with Crippen LogP contribution in [0.4, 0.5) is 0 Å². The number of rotatable bonds is 6. The molecule has 0 spiro atoms. The summed E-state index contributed by atoms with van der Waals surface area (Å²) in [5.41, 5.74) is 4.85. The molecule has 4 rings (SSSR count). The van der Waals surface area contributed by atoms with Gasteiger partial charge in [0.05, 0.1) is 10.7 Å². The summed E-state index contributed by atoms with van der Waals surface area (Å²) >= 11 is 12.4. The monoisotopic (exact) mass is 466 g/mol. The van der Waals surface area contributed by atoms with Gasteiger partial charge in [-0.3, -0.25) is 0 Å². The van der Waals surface area contributed by atoms with Gasteiger partial charge in [-0.15, -0.1) is 0 Å². The molecule has 164 valence electrons. The number of aromatic nitrogens is 2. The first-order valence-electron chi connectivity index (χ1n) is 10.4. The third-order valence-corrected chi connectivity index (χ3v) is 6.04. The van der Waals surface area contributed by atoms with E-state index in [0.717, 1.165) is 40.3 Å². The van der Waals surface area contributed by atoms with E-state index in [9.17, 15) is 5.11 Å². The van der Waals surface area contributed by atoms with Crippen molar-refractivity contribution in [3.05, 3.63) is 93.9 Å². The van der Waals surface area contributed by atoms with Crippen LogP contribution in [-0.4, -0.2) is 27.6 Å². The first-order chi connectivity index (χ1) is 15.4. The lowest BCUT2D eigenvalue weighted by atomic mass is 9.95. The molecule has 0 aliphatic heterocycles. The molecule has 1 N–H and O–H groups in total. The molecule has 1 aliphatic rings. The number of halogens is 2. The number of nitrogens with zero attached hydrogens (tertiary/aromatic N) is 2. The summed E-state index contributed by atoms with van der Waals surface area (Å²) in [5.74, 6) is -0.371. The fraction of sp³-hybridized carbons (Fsp3) is 0.192. The van der Waals surface area contributed by atoms with Gasteiger partial charge in [0, 0.05) is 36.9 Å². The molecule has 4 nitrogen and oxygen atoms in total. The number of aryl methyl sites for hydroxylation is 1. The zero-order valence-corrected chi connectivity index (χ0v) is 19.4. The fourth-order valence-electron chi connectivity index (χ4n) is 3.61. The molecular formula is C26H24Cl2N2O2. The summed E-state index contributed by atoms with van der Waals surface area (Å²) in [5, 5.41) is 11.4. The fourth-order valence-corrected chi connectivity index (χ4v) is 4.12. The molecule has 0 saturated heterocycles. The molecule has 0 saturated carbocycles. The van der Waals surface area contributed by atoms with Gasteiger partial charge < -0.3 is 14.4 Å². The van der Waals surface area contributed by atoms with Gasteiger partial charge in [-0.1, -0.05) is 59.6 Å². The van der Waals surface area contributed by atoms with Crippen LogP contribution in [-0.2, 0) is 11.3 Å². The number of benzene rings is 2. The maximum absolute atomic E-state index is 10.2. The van der Waals surface area contributed by atoms with E-state index < -0.39 is 5.79 Å². The maximum Gasteiger partial charge on any atom is 0.188 e. The Bertz CT molecular complexity index is 1230. The van der Waals surface area contributed by atoms with E-state index >= 15 is 0 Å². The number of methoxy groups -OCH3 is 1. The Morgan fingerprint density at radius 2 is 2.03 bits per heavy atom. The lowest BCUT2D eigenvalue weighted by molar-refractivity contribution is -0.143. The Morgan fingerprint density at radius 1 is 1.19 bits per heavy atom. The number of ether oxygens (including phenoxy) is 1. The van der Waals surface area contributed by atoms with E-state index in [1.54, 1.807) is 12.1 Å². The Hall–Kier alpha value is -2.63. The smallest absolute Gasteiger partial charge is 0.188 e. The third kappa shape index (κ3) is 4.89. The minimum Gasteiger partial charge on any atom is -0.362 e. The molecular weight excluding hydrogens is 443 g/mol. The van der Waals surface area contributed by atoms with Gasteiger partial charge in [0.15, 0.2) is 5.79 Å². The second-order valence-corrected chi connectivity index (χ2v) is 8.44. The van der Waals surface area contributed by atoms with Gasteiger partial charge in [0.2, 0.25) is 0 Å². The highest BCUT2D eigenvalue weighted by Gasteiger charge is 2.24. The Morgan fingerprint density at radius 3 is 2.72 bits per heavy atom. The highest BCUT2D eigenvalue weighted by molar-refractivity contribution is 6.36. The van der Waals surface area contributed by atoms with Crippen LogP contribution >= 0.6 is 23.2 Å². The van der Waals surface area contributed by atoms with Crippen LogP contribution in [0.2, 0.25) is 10.0 Å². The van der Waals surface area contributed by atoms with Gasteiger partial charge in [-0.05, 0) is 60.0 Å². The molecule has 0 amide bonds. The molecule has 1 aromatic heterocycles. The molecule has 0 fully saturated rings. The molecule has 3 aromatic rings. The molecule has 1 unspecified atom stereocenters. The van der Waals surface area contributed by atoms with Gasteiger partial charge in [-0.2, -0.15) is 0 Å². The highest BCUT2D eigenvalue weighted by Crippen LogP contribution is 2.31. The Labute approximate surface area is 198 Å². The van der Waals surface area contributed by atoms with Crippen molar-refractivity contribution in [2.45, 2.75) is 25.7 Å². The van der Waals surface area contributed by atoms with E-state index in [0.29, 0.717) is 16.5 Å². The quantitative estimate of drug-likeness (QED) is 0.409. The third-order valence-electron chi connectivity index (χ3n) is 5.49. The van der Waals surface area contributed by atoms with Crippen LogP contribution in [0.25, 0.3) is 29.0 Å². The second kappa shape index (κ2) is 9.47. The van der Waals surface area contributed by atoms with Crippen LogP contribution in [0.15, 0.2) is 66.9 Å².